The molecule has 1 aliphatic rings. The van der Waals surface area contributed by atoms with Crippen LogP contribution in [0.4, 0.5) is 0 Å². The lowest BCUT2D eigenvalue weighted by atomic mass is 9.90. The lowest BCUT2D eigenvalue weighted by Crippen LogP contribution is -1.96. The number of nitrogens with zero attached hydrogens (tertiary/aromatic N) is 2. The van der Waals surface area contributed by atoms with Gasteiger partial charge in [0.2, 0.25) is 0 Å². The number of benzene rings is 5. The molecule has 0 aromatic heterocycles. The van der Waals surface area contributed by atoms with Crippen LogP contribution in [-0.2, 0) is 6.54 Å². The zero-order chi connectivity index (χ0) is 28.7. The number of rotatable bonds is 7. The average molecular weight is 541 g/mol. The second-order valence-electron chi connectivity index (χ2n) is 10.6. The first-order valence-electron chi connectivity index (χ1n) is 14.5. The van der Waals surface area contributed by atoms with Gasteiger partial charge in [-0.2, -0.15) is 5.26 Å². The Hall–Kier alpha value is -5.26. The van der Waals surface area contributed by atoms with Gasteiger partial charge in [-0.3, -0.25) is 4.99 Å². The Morgan fingerprint density at radius 3 is 2.07 bits per heavy atom. The molecule has 0 saturated heterocycles. The summed E-state index contributed by atoms with van der Waals surface area (Å²) in [6, 6.07) is 44.6. The summed E-state index contributed by atoms with van der Waals surface area (Å²) in [6.45, 7) is 2.60. The van der Waals surface area contributed by atoms with Crippen molar-refractivity contribution in [2.24, 2.45) is 4.99 Å². The summed E-state index contributed by atoms with van der Waals surface area (Å²) in [7, 11) is 0. The van der Waals surface area contributed by atoms with E-state index < -0.39 is 0 Å². The van der Waals surface area contributed by atoms with E-state index in [2.05, 4.69) is 115 Å². The van der Waals surface area contributed by atoms with Gasteiger partial charge in [0.15, 0.2) is 0 Å². The van der Waals surface area contributed by atoms with E-state index in [4.69, 9.17) is 4.99 Å². The lowest BCUT2D eigenvalue weighted by Gasteiger charge is -2.14. The number of aliphatic imine (C=N–C) groups is 1. The molecule has 0 saturated carbocycles. The van der Waals surface area contributed by atoms with Crippen molar-refractivity contribution in [2.45, 2.75) is 26.3 Å². The van der Waals surface area contributed by atoms with Gasteiger partial charge < -0.3 is 0 Å². The van der Waals surface area contributed by atoms with Crippen LogP contribution >= 0.6 is 0 Å². The van der Waals surface area contributed by atoms with E-state index in [0.717, 1.165) is 51.9 Å². The topological polar surface area (TPSA) is 36.1 Å². The highest BCUT2D eigenvalue weighted by Gasteiger charge is 2.12. The Bertz CT molecular complexity index is 1850. The molecule has 0 fully saturated rings. The van der Waals surface area contributed by atoms with Crippen molar-refractivity contribution in [3.05, 3.63) is 162 Å². The van der Waals surface area contributed by atoms with Gasteiger partial charge in [-0.25, -0.2) is 0 Å². The monoisotopic (exact) mass is 540 g/mol. The van der Waals surface area contributed by atoms with Gasteiger partial charge in [0.25, 0.3) is 0 Å². The van der Waals surface area contributed by atoms with Gasteiger partial charge in [0, 0.05) is 5.71 Å². The average Bonchev–Trinajstić information content (AvgIpc) is 3.08. The van der Waals surface area contributed by atoms with Crippen molar-refractivity contribution in [3.8, 4) is 39.4 Å². The molecule has 0 amide bonds. The molecule has 5 aromatic rings. The molecule has 0 spiro atoms. The molecule has 202 valence electrons. The van der Waals surface area contributed by atoms with Crippen molar-refractivity contribution in [3.63, 3.8) is 0 Å². The van der Waals surface area contributed by atoms with Crippen LogP contribution in [0, 0.1) is 11.3 Å². The standard InChI is InChI=1S/C40H32N2/c1-29(31-12-5-2-6-13-31)42-28-30-20-21-36(27-41)40(22-30)35-19-11-18-34(23-35)39-25-37(32-14-7-3-8-15-32)24-38(26-39)33-16-9-4-10-17-33/h2-3,5-9,11-26H,4,10,28H2,1H3. The SMILES string of the molecule is CC(=NCc1ccc(C#N)c(-c2cccc(-c3cc(C4=CCCC=C4)cc(-c4ccccc4)c3)c2)c1)c1ccccc1. The maximum Gasteiger partial charge on any atom is 0.0998 e. The van der Waals surface area contributed by atoms with Gasteiger partial charge in [0.05, 0.1) is 18.2 Å². The maximum atomic E-state index is 9.98. The smallest absolute Gasteiger partial charge is 0.0998 e. The molecule has 0 radical (unpaired) electrons. The van der Waals surface area contributed by atoms with Crippen LogP contribution in [-0.4, -0.2) is 5.71 Å². The fraction of sp³-hybridized carbons (Fsp3) is 0.100. The zero-order valence-corrected chi connectivity index (χ0v) is 23.8. The van der Waals surface area contributed by atoms with E-state index in [1.54, 1.807) is 0 Å². The molecule has 0 N–H and O–H groups in total. The van der Waals surface area contributed by atoms with E-state index in [1.165, 1.54) is 22.3 Å². The van der Waals surface area contributed by atoms with Crippen LogP contribution in [0.2, 0.25) is 0 Å². The number of hydrogen-bond acceptors (Lipinski definition) is 2. The van der Waals surface area contributed by atoms with E-state index in [9.17, 15) is 5.26 Å². The maximum absolute atomic E-state index is 9.98. The lowest BCUT2D eigenvalue weighted by molar-refractivity contribution is 1.04. The largest absolute Gasteiger partial charge is 0.285 e. The van der Waals surface area contributed by atoms with Gasteiger partial charge in [-0.15, -0.1) is 0 Å². The first-order valence-corrected chi connectivity index (χ1v) is 14.5. The van der Waals surface area contributed by atoms with Gasteiger partial charge in [0.1, 0.15) is 0 Å². The molecular weight excluding hydrogens is 508 g/mol. The summed E-state index contributed by atoms with van der Waals surface area (Å²) in [6.07, 6.45) is 8.98. The minimum Gasteiger partial charge on any atom is -0.285 e. The predicted octanol–water partition coefficient (Wildman–Crippen LogP) is 10.3. The number of nitriles is 1. The third kappa shape index (κ3) is 6.07. The molecule has 2 heteroatoms. The second-order valence-corrected chi connectivity index (χ2v) is 10.6. The second kappa shape index (κ2) is 12.5. The van der Waals surface area contributed by atoms with Crippen LogP contribution < -0.4 is 0 Å². The fourth-order valence-corrected chi connectivity index (χ4v) is 5.46. The van der Waals surface area contributed by atoms with Crippen LogP contribution in [0.25, 0.3) is 39.0 Å². The highest BCUT2D eigenvalue weighted by molar-refractivity contribution is 5.98. The Kier molecular flexibility index (Phi) is 8.02. The highest BCUT2D eigenvalue weighted by atomic mass is 14.7. The fourth-order valence-electron chi connectivity index (χ4n) is 5.46. The molecule has 5 aromatic carbocycles. The molecule has 0 atom stereocenters. The van der Waals surface area contributed by atoms with Crippen molar-refractivity contribution in [1.82, 2.24) is 0 Å². The number of hydrogen-bond donors (Lipinski definition) is 0. The molecular formula is C40H32N2. The van der Waals surface area contributed by atoms with Crippen LogP contribution in [0.3, 0.4) is 0 Å². The molecule has 42 heavy (non-hydrogen) atoms. The summed E-state index contributed by atoms with van der Waals surface area (Å²) < 4.78 is 0. The van der Waals surface area contributed by atoms with Crippen molar-refractivity contribution >= 4 is 11.3 Å². The van der Waals surface area contributed by atoms with E-state index in [-0.39, 0.29) is 0 Å². The molecule has 0 aliphatic heterocycles. The Labute approximate surface area is 248 Å². The Morgan fingerprint density at radius 2 is 1.33 bits per heavy atom. The van der Waals surface area contributed by atoms with Crippen LogP contribution in [0.15, 0.2) is 145 Å². The van der Waals surface area contributed by atoms with Crippen molar-refractivity contribution in [1.29, 1.82) is 5.26 Å². The third-order valence-corrected chi connectivity index (χ3v) is 7.77. The van der Waals surface area contributed by atoms with Gasteiger partial charge in [-0.05, 0) is 112 Å². The van der Waals surface area contributed by atoms with Crippen LogP contribution in [0.5, 0.6) is 0 Å². The quantitative estimate of drug-likeness (QED) is 0.189. The summed E-state index contributed by atoms with van der Waals surface area (Å²) in [5.74, 6) is 0. The van der Waals surface area contributed by atoms with Crippen molar-refractivity contribution < 1.29 is 0 Å². The minimum absolute atomic E-state index is 0.560. The Morgan fingerprint density at radius 1 is 0.667 bits per heavy atom. The van der Waals surface area contributed by atoms with Gasteiger partial charge >= 0.3 is 0 Å². The summed E-state index contributed by atoms with van der Waals surface area (Å²) in [4.78, 5) is 4.84. The third-order valence-electron chi connectivity index (χ3n) is 7.77. The number of allylic oxidation sites excluding steroid dienone is 4. The summed E-state index contributed by atoms with van der Waals surface area (Å²) in [5, 5.41) is 9.98. The molecule has 2 nitrogen and oxygen atoms in total. The molecule has 0 heterocycles. The molecule has 6 rings (SSSR count). The predicted molar refractivity (Wildman–Crippen MR) is 176 cm³/mol. The highest BCUT2D eigenvalue weighted by Crippen LogP contribution is 2.35. The first kappa shape index (κ1) is 26.9. The first-order chi connectivity index (χ1) is 20.7. The molecule has 1 aliphatic carbocycles. The van der Waals surface area contributed by atoms with Crippen LogP contribution in [0.1, 0.15) is 42.0 Å². The van der Waals surface area contributed by atoms with E-state index >= 15 is 0 Å². The molecule has 0 unspecified atom stereocenters. The minimum atomic E-state index is 0.560. The van der Waals surface area contributed by atoms with Crippen molar-refractivity contribution in [2.75, 3.05) is 0 Å². The van der Waals surface area contributed by atoms with Gasteiger partial charge in [-0.1, -0.05) is 103 Å². The van der Waals surface area contributed by atoms with E-state index in [1.807, 2.05) is 37.3 Å². The summed E-state index contributed by atoms with van der Waals surface area (Å²) >= 11 is 0. The van der Waals surface area contributed by atoms with E-state index in [0.29, 0.717) is 12.1 Å². The zero-order valence-electron chi connectivity index (χ0n) is 23.8. The Balaban J connectivity index is 1.38. The normalized spacial score (nSPS) is 13.0. The summed E-state index contributed by atoms with van der Waals surface area (Å²) in [5.41, 5.74) is 13.0. The molecule has 0 bridgehead atoms.